The molecule has 0 radical (unpaired) electrons. The van der Waals surface area contributed by atoms with E-state index in [-0.39, 0.29) is 0 Å². The molecule has 0 amide bonds. The number of fused-ring (bicyclic) bond motifs is 2. The van der Waals surface area contributed by atoms with Crippen molar-refractivity contribution in [2.45, 2.75) is 25.7 Å². The summed E-state index contributed by atoms with van der Waals surface area (Å²) < 4.78 is 0. The Morgan fingerprint density at radius 2 is 1.10 bits per heavy atom. The lowest BCUT2D eigenvalue weighted by atomic mass is 10.2. The number of rotatable bonds is 2. The Hall–Kier alpha value is -1.46. The maximum absolute atomic E-state index is 4.79. The van der Waals surface area contributed by atoms with Crippen LogP contribution in [0.25, 0.3) is 0 Å². The molecule has 2 saturated heterocycles. The smallest absolute Gasteiger partial charge is 0.198 e. The van der Waals surface area contributed by atoms with Crippen LogP contribution in [0.3, 0.4) is 0 Å². The monoisotopic (exact) mass is 290 g/mol. The molecule has 0 N–H and O–H groups in total. The Kier molecular flexibility index (Phi) is 3.61. The molecule has 6 heteroatoms. The van der Waals surface area contributed by atoms with Gasteiger partial charge in [-0.1, -0.05) is 0 Å². The maximum Gasteiger partial charge on any atom is 0.198 e. The normalized spacial score (nSPS) is 26.1. The highest BCUT2D eigenvalue weighted by Crippen LogP contribution is 2.18. The molecule has 0 aromatic rings. The van der Waals surface area contributed by atoms with Gasteiger partial charge < -0.3 is 19.6 Å². The van der Waals surface area contributed by atoms with E-state index in [0.717, 1.165) is 32.8 Å². The Balaban J connectivity index is 1.49. The molecule has 116 valence electrons. The first-order chi connectivity index (χ1) is 10.4. The van der Waals surface area contributed by atoms with Crippen LogP contribution in [-0.2, 0) is 0 Å². The minimum Gasteiger partial charge on any atom is -0.343 e. The van der Waals surface area contributed by atoms with Gasteiger partial charge in [-0.2, -0.15) is 0 Å². The molecule has 0 aromatic heterocycles. The molecule has 6 nitrogen and oxygen atoms in total. The fourth-order valence-electron chi connectivity index (χ4n) is 3.88. The van der Waals surface area contributed by atoms with Crippen molar-refractivity contribution < 1.29 is 0 Å². The first-order valence-corrected chi connectivity index (χ1v) is 8.50. The lowest BCUT2D eigenvalue weighted by Gasteiger charge is -2.46. The third kappa shape index (κ3) is 2.56. The number of guanidine groups is 2. The molecule has 4 aliphatic rings. The summed E-state index contributed by atoms with van der Waals surface area (Å²) in [5.74, 6) is 2.47. The lowest BCUT2D eigenvalue weighted by molar-refractivity contribution is 0.158. The summed E-state index contributed by atoms with van der Waals surface area (Å²) in [6.07, 6.45) is 4.93. The highest BCUT2D eigenvalue weighted by molar-refractivity contribution is 5.84. The Morgan fingerprint density at radius 3 is 1.62 bits per heavy atom. The van der Waals surface area contributed by atoms with Crippen molar-refractivity contribution in [1.82, 2.24) is 19.6 Å². The molecule has 2 fully saturated rings. The second-order valence-electron chi connectivity index (χ2n) is 6.42. The summed E-state index contributed by atoms with van der Waals surface area (Å²) in [5.41, 5.74) is 0. The number of hydrogen-bond donors (Lipinski definition) is 0. The Bertz CT molecular complexity index is 405. The predicted molar refractivity (Wildman–Crippen MR) is 84.5 cm³/mol. The van der Waals surface area contributed by atoms with Crippen molar-refractivity contribution in [2.75, 3.05) is 59.0 Å². The van der Waals surface area contributed by atoms with E-state index in [4.69, 9.17) is 9.98 Å². The van der Waals surface area contributed by atoms with E-state index in [9.17, 15) is 0 Å². The molecule has 0 spiro atoms. The van der Waals surface area contributed by atoms with E-state index in [0.29, 0.717) is 0 Å². The van der Waals surface area contributed by atoms with Crippen LogP contribution in [0.2, 0.25) is 0 Å². The fraction of sp³-hybridized carbons (Fsp3) is 0.867. The first kappa shape index (κ1) is 13.2. The van der Waals surface area contributed by atoms with Gasteiger partial charge in [-0.3, -0.25) is 9.98 Å². The Morgan fingerprint density at radius 1 is 0.619 bits per heavy atom. The van der Waals surface area contributed by atoms with Crippen molar-refractivity contribution in [2.24, 2.45) is 9.98 Å². The van der Waals surface area contributed by atoms with Gasteiger partial charge in [0, 0.05) is 52.4 Å². The zero-order valence-electron chi connectivity index (χ0n) is 12.9. The number of hydrogen-bond acceptors (Lipinski definition) is 6. The van der Waals surface area contributed by atoms with E-state index < -0.39 is 0 Å². The van der Waals surface area contributed by atoms with Gasteiger partial charge in [0.25, 0.3) is 0 Å². The van der Waals surface area contributed by atoms with Gasteiger partial charge in [0.1, 0.15) is 0 Å². The van der Waals surface area contributed by atoms with Gasteiger partial charge in [-0.15, -0.1) is 0 Å². The van der Waals surface area contributed by atoms with Gasteiger partial charge in [-0.25, -0.2) is 0 Å². The molecule has 4 rings (SSSR count). The quantitative estimate of drug-likeness (QED) is 0.741. The van der Waals surface area contributed by atoms with Gasteiger partial charge in [0.15, 0.2) is 11.9 Å². The molecule has 0 bridgehead atoms. The van der Waals surface area contributed by atoms with Crippen LogP contribution in [-0.4, -0.2) is 90.5 Å². The molecule has 0 aliphatic carbocycles. The molecular formula is C15H26N6. The summed E-state index contributed by atoms with van der Waals surface area (Å²) in [4.78, 5) is 19.5. The molecule has 0 unspecified atom stereocenters. The third-order valence-electron chi connectivity index (χ3n) is 4.86. The molecule has 0 atom stereocenters. The van der Waals surface area contributed by atoms with Crippen LogP contribution < -0.4 is 0 Å². The van der Waals surface area contributed by atoms with Gasteiger partial charge in [0.2, 0.25) is 0 Å². The van der Waals surface area contributed by atoms with E-state index in [1.807, 2.05) is 0 Å². The van der Waals surface area contributed by atoms with E-state index in [1.54, 1.807) is 0 Å². The second kappa shape index (κ2) is 5.73. The first-order valence-electron chi connectivity index (χ1n) is 8.50. The topological polar surface area (TPSA) is 37.7 Å². The maximum atomic E-state index is 4.79. The van der Waals surface area contributed by atoms with Gasteiger partial charge >= 0.3 is 0 Å². The van der Waals surface area contributed by atoms with Gasteiger partial charge in [-0.05, 0) is 25.7 Å². The largest absolute Gasteiger partial charge is 0.343 e. The van der Waals surface area contributed by atoms with Crippen molar-refractivity contribution in [3.05, 3.63) is 0 Å². The van der Waals surface area contributed by atoms with Crippen molar-refractivity contribution in [3.8, 4) is 0 Å². The minimum absolute atomic E-state index is 0.963. The standard InChI is InChI=1S/C15H26N6/c1-5-16-14-18(7-1)9-3-11-20(14)13-21-12-4-10-19-8-2-6-17-15(19)21/h1-13H2. The zero-order chi connectivity index (χ0) is 14.1. The summed E-state index contributed by atoms with van der Waals surface area (Å²) in [7, 11) is 0. The van der Waals surface area contributed by atoms with Crippen LogP contribution >= 0.6 is 0 Å². The summed E-state index contributed by atoms with van der Waals surface area (Å²) in [6.45, 7) is 9.96. The zero-order valence-corrected chi connectivity index (χ0v) is 12.9. The molecule has 0 aromatic carbocycles. The Labute approximate surface area is 127 Å². The second-order valence-corrected chi connectivity index (χ2v) is 6.42. The van der Waals surface area contributed by atoms with E-state index in [2.05, 4.69) is 19.6 Å². The third-order valence-corrected chi connectivity index (χ3v) is 4.86. The summed E-state index contributed by atoms with van der Waals surface area (Å²) in [5, 5.41) is 0. The van der Waals surface area contributed by atoms with Crippen LogP contribution in [0, 0.1) is 0 Å². The van der Waals surface area contributed by atoms with Crippen LogP contribution in [0.5, 0.6) is 0 Å². The van der Waals surface area contributed by atoms with E-state index in [1.165, 1.54) is 63.8 Å². The van der Waals surface area contributed by atoms with Crippen molar-refractivity contribution in [1.29, 1.82) is 0 Å². The lowest BCUT2D eigenvalue weighted by Crippen LogP contribution is -2.59. The molecular weight excluding hydrogens is 264 g/mol. The van der Waals surface area contributed by atoms with Crippen LogP contribution in [0.1, 0.15) is 25.7 Å². The van der Waals surface area contributed by atoms with Crippen LogP contribution in [0.15, 0.2) is 9.98 Å². The van der Waals surface area contributed by atoms with Gasteiger partial charge in [0.05, 0.1) is 6.67 Å². The summed E-state index contributed by atoms with van der Waals surface area (Å²) in [6, 6.07) is 0. The molecule has 4 aliphatic heterocycles. The molecule has 21 heavy (non-hydrogen) atoms. The fourth-order valence-corrected chi connectivity index (χ4v) is 3.88. The van der Waals surface area contributed by atoms with E-state index >= 15 is 0 Å². The molecule has 0 saturated carbocycles. The highest BCUT2D eigenvalue weighted by Gasteiger charge is 2.30. The van der Waals surface area contributed by atoms with Crippen LogP contribution in [0.4, 0.5) is 0 Å². The number of nitrogens with zero attached hydrogens (tertiary/aromatic N) is 6. The van der Waals surface area contributed by atoms with Crippen molar-refractivity contribution in [3.63, 3.8) is 0 Å². The highest BCUT2D eigenvalue weighted by atomic mass is 15.5. The average molecular weight is 290 g/mol. The van der Waals surface area contributed by atoms with Crippen molar-refractivity contribution >= 4 is 11.9 Å². The number of aliphatic imine (C=N–C) groups is 2. The predicted octanol–water partition coefficient (Wildman–Crippen LogP) is 0.479. The average Bonchev–Trinajstić information content (AvgIpc) is 2.56. The minimum atomic E-state index is 0.963. The SMILES string of the molecule is C1CN=C2N(C1)CCCN2CN1CCCN2CCCN=C21. The summed E-state index contributed by atoms with van der Waals surface area (Å²) >= 11 is 0. The molecule has 4 heterocycles.